The topological polar surface area (TPSA) is 56.2 Å². The molecule has 3 heterocycles. The number of hydrogen-bond donors (Lipinski definition) is 0. The highest BCUT2D eigenvalue weighted by Gasteiger charge is 2.32. The van der Waals surface area contributed by atoms with E-state index in [1.807, 2.05) is 17.7 Å². The third-order valence-corrected chi connectivity index (χ3v) is 7.36. The van der Waals surface area contributed by atoms with Gasteiger partial charge in [-0.2, -0.15) is 13.2 Å². The average Bonchev–Trinajstić information content (AvgIpc) is 3.39. The SMILES string of the molecule is O=C(c1cccc(C(F)(F)F)c1)N1CCN(C(=O)c2cc(CN3CN=Cc4ccsc43)ccc2F)CC1. The van der Waals surface area contributed by atoms with Crippen LogP contribution >= 0.6 is 11.3 Å². The minimum atomic E-state index is -4.55. The van der Waals surface area contributed by atoms with Crippen molar-refractivity contribution >= 4 is 34.4 Å². The van der Waals surface area contributed by atoms with E-state index in [9.17, 15) is 27.2 Å². The van der Waals surface area contributed by atoms with Gasteiger partial charge in [-0.1, -0.05) is 12.1 Å². The van der Waals surface area contributed by atoms with Crippen LogP contribution in [-0.4, -0.2) is 60.7 Å². The Balaban J connectivity index is 1.24. The summed E-state index contributed by atoms with van der Waals surface area (Å²) in [6.45, 7) is 1.49. The van der Waals surface area contributed by atoms with Crippen LogP contribution in [0.25, 0.3) is 0 Å². The van der Waals surface area contributed by atoms with Crippen LogP contribution in [-0.2, 0) is 12.7 Å². The molecule has 37 heavy (non-hydrogen) atoms. The highest BCUT2D eigenvalue weighted by Crippen LogP contribution is 2.31. The molecule has 1 fully saturated rings. The van der Waals surface area contributed by atoms with Crippen LogP contribution in [0.1, 0.15) is 37.4 Å². The van der Waals surface area contributed by atoms with E-state index in [-0.39, 0.29) is 37.3 Å². The van der Waals surface area contributed by atoms with Gasteiger partial charge in [0.15, 0.2) is 0 Å². The monoisotopic (exact) mass is 530 g/mol. The van der Waals surface area contributed by atoms with Gasteiger partial charge in [0, 0.05) is 50.1 Å². The van der Waals surface area contributed by atoms with Crippen molar-refractivity contribution in [3.63, 3.8) is 0 Å². The molecular weight excluding hydrogens is 508 g/mol. The number of benzene rings is 2. The standard InChI is InChI=1S/C26H22F4N4O2S/c27-22-5-4-17(15-34-16-31-14-19-6-11-37-25(19)34)12-21(22)24(36)33-9-7-32(8-10-33)23(35)18-2-1-3-20(13-18)26(28,29)30/h1-6,11-14H,7-10,15-16H2. The Morgan fingerprint density at radius 3 is 2.41 bits per heavy atom. The Kier molecular flexibility index (Phi) is 6.72. The van der Waals surface area contributed by atoms with E-state index in [0.717, 1.165) is 28.3 Å². The summed E-state index contributed by atoms with van der Waals surface area (Å²) in [7, 11) is 0. The quantitative estimate of drug-likeness (QED) is 0.451. The lowest BCUT2D eigenvalue weighted by molar-refractivity contribution is -0.137. The van der Waals surface area contributed by atoms with Crippen LogP contribution in [0, 0.1) is 5.82 Å². The summed E-state index contributed by atoms with van der Waals surface area (Å²) in [6.07, 6.45) is -2.73. The fourth-order valence-corrected chi connectivity index (χ4v) is 5.31. The number of anilines is 1. The van der Waals surface area contributed by atoms with Crippen molar-refractivity contribution in [2.24, 2.45) is 4.99 Å². The lowest BCUT2D eigenvalue weighted by Crippen LogP contribution is -2.50. The lowest BCUT2D eigenvalue weighted by atomic mass is 10.1. The van der Waals surface area contributed by atoms with E-state index in [0.29, 0.717) is 13.2 Å². The minimum Gasteiger partial charge on any atom is -0.339 e. The molecule has 1 saturated heterocycles. The van der Waals surface area contributed by atoms with E-state index < -0.39 is 29.4 Å². The van der Waals surface area contributed by atoms with Gasteiger partial charge in [-0.05, 0) is 47.3 Å². The van der Waals surface area contributed by atoms with Crippen molar-refractivity contribution in [2.45, 2.75) is 12.7 Å². The molecule has 0 aliphatic carbocycles. The van der Waals surface area contributed by atoms with Crippen LogP contribution < -0.4 is 4.90 Å². The molecule has 0 spiro atoms. The maximum atomic E-state index is 14.7. The van der Waals surface area contributed by atoms with Crippen LogP contribution in [0.2, 0.25) is 0 Å². The fraction of sp³-hybridized carbons (Fsp3) is 0.269. The number of carbonyl (C=O) groups excluding carboxylic acids is 2. The highest BCUT2D eigenvalue weighted by atomic mass is 32.1. The number of fused-ring (bicyclic) bond motifs is 1. The first-order valence-electron chi connectivity index (χ1n) is 11.6. The second kappa shape index (κ2) is 9.97. The van der Waals surface area contributed by atoms with E-state index in [1.165, 1.54) is 28.0 Å². The molecule has 0 unspecified atom stereocenters. The number of amides is 2. The van der Waals surface area contributed by atoms with Crippen molar-refractivity contribution < 1.29 is 27.2 Å². The minimum absolute atomic E-state index is 0.0536. The van der Waals surface area contributed by atoms with Gasteiger partial charge >= 0.3 is 6.18 Å². The molecule has 5 rings (SSSR count). The average molecular weight is 531 g/mol. The number of halogens is 4. The van der Waals surface area contributed by atoms with E-state index in [1.54, 1.807) is 23.5 Å². The second-order valence-electron chi connectivity index (χ2n) is 8.81. The Morgan fingerprint density at radius 1 is 0.946 bits per heavy atom. The number of rotatable bonds is 4. The van der Waals surface area contributed by atoms with Crippen molar-refractivity contribution in [3.05, 3.63) is 87.5 Å². The number of aliphatic imine (C=N–C) groups is 1. The molecule has 2 aromatic carbocycles. The van der Waals surface area contributed by atoms with E-state index in [4.69, 9.17) is 0 Å². The third kappa shape index (κ3) is 5.22. The predicted octanol–water partition coefficient (Wildman–Crippen LogP) is 4.90. The predicted molar refractivity (Wildman–Crippen MR) is 133 cm³/mol. The molecule has 0 bridgehead atoms. The molecular formula is C26H22F4N4O2S. The summed E-state index contributed by atoms with van der Waals surface area (Å²) < 4.78 is 53.7. The first-order valence-corrected chi connectivity index (χ1v) is 12.4. The first-order chi connectivity index (χ1) is 17.7. The molecule has 0 atom stereocenters. The van der Waals surface area contributed by atoms with Crippen molar-refractivity contribution in [1.29, 1.82) is 0 Å². The van der Waals surface area contributed by atoms with Crippen molar-refractivity contribution in [1.82, 2.24) is 9.80 Å². The molecule has 6 nitrogen and oxygen atoms in total. The van der Waals surface area contributed by atoms with Gasteiger partial charge in [-0.25, -0.2) is 4.39 Å². The number of nitrogens with zero attached hydrogens (tertiary/aromatic N) is 4. The molecule has 3 aromatic rings. The third-order valence-electron chi connectivity index (χ3n) is 6.37. The summed E-state index contributed by atoms with van der Waals surface area (Å²) in [5.41, 5.74) is 0.771. The molecule has 11 heteroatoms. The Bertz CT molecular complexity index is 1360. The Morgan fingerprint density at radius 2 is 1.68 bits per heavy atom. The molecule has 2 aliphatic rings. The summed E-state index contributed by atoms with van der Waals surface area (Å²) >= 11 is 1.59. The number of hydrogen-bond acceptors (Lipinski definition) is 5. The van der Waals surface area contributed by atoms with Crippen LogP contribution in [0.5, 0.6) is 0 Å². The molecule has 2 amide bonds. The van der Waals surface area contributed by atoms with Crippen molar-refractivity contribution in [2.75, 3.05) is 37.7 Å². The van der Waals surface area contributed by atoms with Crippen LogP contribution in [0.15, 0.2) is 58.9 Å². The van der Waals surface area contributed by atoms with Gasteiger partial charge in [-0.15, -0.1) is 11.3 Å². The van der Waals surface area contributed by atoms with Crippen LogP contribution in [0.3, 0.4) is 0 Å². The van der Waals surface area contributed by atoms with Gasteiger partial charge in [0.1, 0.15) is 17.5 Å². The molecule has 192 valence electrons. The van der Waals surface area contributed by atoms with Gasteiger partial charge in [0.25, 0.3) is 11.8 Å². The molecule has 1 aromatic heterocycles. The van der Waals surface area contributed by atoms with Gasteiger partial charge in [-0.3, -0.25) is 14.6 Å². The van der Waals surface area contributed by atoms with Gasteiger partial charge in [0.05, 0.1) is 11.1 Å². The number of alkyl halides is 3. The fourth-order valence-electron chi connectivity index (χ4n) is 4.44. The van der Waals surface area contributed by atoms with E-state index in [2.05, 4.69) is 9.89 Å². The number of carbonyl (C=O) groups is 2. The molecule has 0 N–H and O–H groups in total. The Hall–Kier alpha value is -3.73. The number of thiophene rings is 1. The highest BCUT2D eigenvalue weighted by molar-refractivity contribution is 7.14. The Labute approximate surface area is 214 Å². The summed E-state index contributed by atoms with van der Waals surface area (Å²) in [5.74, 6) is -1.66. The van der Waals surface area contributed by atoms with Gasteiger partial charge < -0.3 is 14.7 Å². The molecule has 2 aliphatic heterocycles. The summed E-state index contributed by atoms with van der Waals surface area (Å²) in [6, 6.07) is 10.7. The zero-order valence-corrected chi connectivity index (χ0v) is 20.4. The summed E-state index contributed by atoms with van der Waals surface area (Å²) in [5, 5.41) is 3.04. The maximum absolute atomic E-state index is 14.7. The smallest absolute Gasteiger partial charge is 0.339 e. The second-order valence-corrected chi connectivity index (χ2v) is 9.70. The van der Waals surface area contributed by atoms with E-state index >= 15 is 0 Å². The molecule has 0 saturated carbocycles. The van der Waals surface area contributed by atoms with Gasteiger partial charge in [0.2, 0.25) is 0 Å². The van der Waals surface area contributed by atoms with Crippen molar-refractivity contribution in [3.8, 4) is 0 Å². The molecule has 0 radical (unpaired) electrons. The van der Waals surface area contributed by atoms with Crippen LogP contribution in [0.4, 0.5) is 22.6 Å². The zero-order chi connectivity index (χ0) is 26.2. The largest absolute Gasteiger partial charge is 0.416 e. The number of piperazine rings is 1. The normalized spacial score (nSPS) is 15.6. The lowest BCUT2D eigenvalue weighted by Gasteiger charge is -2.35. The first kappa shape index (κ1) is 24.9. The maximum Gasteiger partial charge on any atom is 0.416 e. The zero-order valence-electron chi connectivity index (χ0n) is 19.5. The summed E-state index contributed by atoms with van der Waals surface area (Å²) in [4.78, 5) is 35.2.